The summed E-state index contributed by atoms with van der Waals surface area (Å²) in [6, 6.07) is 0.764. The van der Waals surface area contributed by atoms with E-state index in [1.165, 1.54) is 45.3 Å². The highest BCUT2D eigenvalue weighted by Gasteiger charge is 2.16. The van der Waals surface area contributed by atoms with Gasteiger partial charge in [0.2, 0.25) is 0 Å². The first kappa shape index (κ1) is 9.22. The maximum absolute atomic E-state index is 3.60. The Morgan fingerprint density at radius 2 is 2.31 bits per heavy atom. The van der Waals surface area contributed by atoms with Crippen molar-refractivity contribution in [3.63, 3.8) is 0 Å². The van der Waals surface area contributed by atoms with Crippen molar-refractivity contribution in [2.24, 2.45) is 0 Å². The van der Waals surface area contributed by atoms with Gasteiger partial charge in [-0.25, -0.2) is 0 Å². The van der Waals surface area contributed by atoms with E-state index >= 15 is 0 Å². The van der Waals surface area contributed by atoms with E-state index in [1.54, 1.807) is 0 Å². The highest BCUT2D eigenvalue weighted by Crippen LogP contribution is 2.10. The second-order valence-electron chi connectivity index (χ2n) is 4.17. The van der Waals surface area contributed by atoms with Crippen molar-refractivity contribution in [3.8, 4) is 0 Å². The molecule has 0 bridgehead atoms. The molecule has 2 aliphatic rings. The Morgan fingerprint density at radius 1 is 1.31 bits per heavy atom. The molecule has 1 N–H and O–H groups in total. The van der Waals surface area contributed by atoms with Gasteiger partial charge < -0.3 is 5.32 Å². The van der Waals surface area contributed by atoms with Gasteiger partial charge in [0.05, 0.1) is 0 Å². The molecule has 2 heteroatoms. The Labute approximate surface area is 81.0 Å². The van der Waals surface area contributed by atoms with E-state index in [0.29, 0.717) is 0 Å². The summed E-state index contributed by atoms with van der Waals surface area (Å²) < 4.78 is 0. The van der Waals surface area contributed by atoms with Gasteiger partial charge in [0, 0.05) is 25.7 Å². The zero-order valence-electron chi connectivity index (χ0n) is 8.34. The number of nitrogens with zero attached hydrogens (tertiary/aromatic N) is 1. The molecule has 2 rings (SSSR count). The van der Waals surface area contributed by atoms with Crippen LogP contribution in [0.2, 0.25) is 0 Å². The lowest BCUT2D eigenvalue weighted by molar-refractivity contribution is 0.240. The zero-order valence-corrected chi connectivity index (χ0v) is 8.34. The molecule has 0 aromatic carbocycles. The molecule has 2 aliphatic heterocycles. The van der Waals surface area contributed by atoms with Crippen LogP contribution in [-0.4, -0.2) is 37.1 Å². The van der Waals surface area contributed by atoms with Crippen LogP contribution < -0.4 is 5.32 Å². The molecule has 1 fully saturated rings. The molecule has 74 valence electrons. The lowest BCUT2D eigenvalue weighted by Crippen LogP contribution is -2.44. The molecule has 1 atom stereocenters. The van der Waals surface area contributed by atoms with Crippen molar-refractivity contribution in [2.75, 3.05) is 26.2 Å². The van der Waals surface area contributed by atoms with E-state index in [2.05, 4.69) is 22.4 Å². The second kappa shape index (κ2) is 4.77. The summed E-state index contributed by atoms with van der Waals surface area (Å²) in [5.41, 5.74) is 0. The topological polar surface area (TPSA) is 15.3 Å². The Kier molecular flexibility index (Phi) is 3.39. The van der Waals surface area contributed by atoms with E-state index in [9.17, 15) is 0 Å². The average Bonchev–Trinajstić information content (AvgIpc) is 2.21. The number of nitrogens with one attached hydrogen (secondary N) is 1. The van der Waals surface area contributed by atoms with E-state index < -0.39 is 0 Å². The largest absolute Gasteiger partial charge is 0.313 e. The van der Waals surface area contributed by atoms with Gasteiger partial charge in [-0.1, -0.05) is 18.6 Å². The molecule has 0 spiro atoms. The summed E-state index contributed by atoms with van der Waals surface area (Å²) in [7, 11) is 0. The van der Waals surface area contributed by atoms with Gasteiger partial charge >= 0.3 is 0 Å². The quantitative estimate of drug-likeness (QED) is 0.646. The summed E-state index contributed by atoms with van der Waals surface area (Å²) in [6.45, 7) is 4.91. The zero-order chi connectivity index (χ0) is 8.93. The Balaban J connectivity index is 1.72. The van der Waals surface area contributed by atoms with E-state index in [0.717, 1.165) is 12.6 Å². The molecule has 0 aliphatic carbocycles. The standard InChI is InChI=1S/C11H20N2/c1-4-8-13(9-5-1)10-11-6-2-3-7-12-11/h1,4,11-12H,2-3,5-10H2. The molecule has 0 radical (unpaired) electrons. The van der Waals surface area contributed by atoms with Gasteiger partial charge in [-0.2, -0.15) is 0 Å². The van der Waals surface area contributed by atoms with Crippen molar-refractivity contribution >= 4 is 0 Å². The third kappa shape index (κ3) is 2.82. The third-order valence-electron chi connectivity index (χ3n) is 3.03. The molecule has 1 saturated heterocycles. The van der Waals surface area contributed by atoms with Crippen LogP contribution in [0.3, 0.4) is 0 Å². The monoisotopic (exact) mass is 180 g/mol. The van der Waals surface area contributed by atoms with Crippen LogP contribution in [0.5, 0.6) is 0 Å². The molecule has 2 heterocycles. The molecule has 1 unspecified atom stereocenters. The SMILES string of the molecule is C1=CCN(CC2CCCCN2)CC1. The minimum atomic E-state index is 0.764. The van der Waals surface area contributed by atoms with Crippen molar-refractivity contribution in [2.45, 2.75) is 31.7 Å². The van der Waals surface area contributed by atoms with Crippen molar-refractivity contribution in [3.05, 3.63) is 12.2 Å². The Bertz CT molecular complexity index is 171. The maximum Gasteiger partial charge on any atom is 0.0195 e. The van der Waals surface area contributed by atoms with Crippen LogP contribution >= 0.6 is 0 Å². The number of rotatable bonds is 2. The highest BCUT2D eigenvalue weighted by atomic mass is 15.1. The van der Waals surface area contributed by atoms with Crippen LogP contribution in [0.15, 0.2) is 12.2 Å². The first-order valence-electron chi connectivity index (χ1n) is 5.56. The summed E-state index contributed by atoms with van der Waals surface area (Å²) in [5.74, 6) is 0. The molecular formula is C11H20N2. The molecule has 2 nitrogen and oxygen atoms in total. The van der Waals surface area contributed by atoms with Crippen molar-refractivity contribution in [1.82, 2.24) is 10.2 Å². The minimum absolute atomic E-state index is 0.764. The predicted octanol–water partition coefficient (Wildman–Crippen LogP) is 1.39. The lowest BCUT2D eigenvalue weighted by atomic mass is 10.0. The average molecular weight is 180 g/mol. The highest BCUT2D eigenvalue weighted by molar-refractivity contribution is 4.92. The fraction of sp³-hybridized carbons (Fsp3) is 0.818. The van der Waals surface area contributed by atoms with Crippen LogP contribution in [-0.2, 0) is 0 Å². The van der Waals surface area contributed by atoms with Crippen LogP contribution in [0, 0.1) is 0 Å². The van der Waals surface area contributed by atoms with Crippen LogP contribution in [0.1, 0.15) is 25.7 Å². The van der Waals surface area contributed by atoms with E-state index in [1.807, 2.05) is 0 Å². The van der Waals surface area contributed by atoms with Crippen LogP contribution in [0.25, 0.3) is 0 Å². The van der Waals surface area contributed by atoms with Gasteiger partial charge in [-0.15, -0.1) is 0 Å². The third-order valence-corrected chi connectivity index (χ3v) is 3.03. The predicted molar refractivity (Wildman–Crippen MR) is 55.8 cm³/mol. The normalized spacial score (nSPS) is 30.6. The lowest BCUT2D eigenvalue weighted by Gasteiger charge is -2.31. The Hall–Kier alpha value is -0.340. The molecule has 0 aromatic rings. The summed E-state index contributed by atoms with van der Waals surface area (Å²) in [6.07, 6.45) is 10.0. The van der Waals surface area contributed by atoms with E-state index in [-0.39, 0.29) is 0 Å². The number of hydrogen-bond acceptors (Lipinski definition) is 2. The van der Waals surface area contributed by atoms with Gasteiger partial charge in [0.25, 0.3) is 0 Å². The fourth-order valence-corrected chi connectivity index (χ4v) is 2.25. The number of piperidine rings is 1. The fourth-order valence-electron chi connectivity index (χ4n) is 2.25. The number of hydrogen-bond donors (Lipinski definition) is 1. The van der Waals surface area contributed by atoms with Gasteiger partial charge in [0.1, 0.15) is 0 Å². The molecule has 0 saturated carbocycles. The summed E-state index contributed by atoms with van der Waals surface area (Å²) in [5, 5.41) is 3.60. The summed E-state index contributed by atoms with van der Waals surface area (Å²) in [4.78, 5) is 2.56. The van der Waals surface area contributed by atoms with Crippen molar-refractivity contribution in [1.29, 1.82) is 0 Å². The van der Waals surface area contributed by atoms with Gasteiger partial charge in [-0.05, 0) is 25.8 Å². The smallest absolute Gasteiger partial charge is 0.0195 e. The Morgan fingerprint density at radius 3 is 3.00 bits per heavy atom. The van der Waals surface area contributed by atoms with Gasteiger partial charge in [0.15, 0.2) is 0 Å². The summed E-state index contributed by atoms with van der Waals surface area (Å²) >= 11 is 0. The van der Waals surface area contributed by atoms with Crippen LogP contribution in [0.4, 0.5) is 0 Å². The second-order valence-corrected chi connectivity index (χ2v) is 4.17. The van der Waals surface area contributed by atoms with Crippen molar-refractivity contribution < 1.29 is 0 Å². The van der Waals surface area contributed by atoms with Gasteiger partial charge in [-0.3, -0.25) is 4.90 Å². The molecular weight excluding hydrogens is 160 g/mol. The molecule has 0 amide bonds. The molecule has 13 heavy (non-hydrogen) atoms. The van der Waals surface area contributed by atoms with E-state index in [4.69, 9.17) is 0 Å². The molecule has 0 aromatic heterocycles. The first-order chi connectivity index (χ1) is 6.45. The first-order valence-corrected chi connectivity index (χ1v) is 5.56. The maximum atomic E-state index is 3.60. The minimum Gasteiger partial charge on any atom is -0.313 e.